The van der Waals surface area contributed by atoms with E-state index >= 15 is 0 Å². The summed E-state index contributed by atoms with van der Waals surface area (Å²) in [6, 6.07) is 2.21. The van der Waals surface area contributed by atoms with Crippen molar-refractivity contribution in [2.24, 2.45) is 5.92 Å². The molecule has 1 aliphatic heterocycles. The Bertz CT molecular complexity index is 464. The molecule has 0 spiro atoms. The van der Waals surface area contributed by atoms with Gasteiger partial charge < -0.3 is 21.1 Å². The number of rotatable bonds is 5. The number of thiophene rings is 1. The molecule has 1 unspecified atom stereocenters. The van der Waals surface area contributed by atoms with Crippen molar-refractivity contribution in [3.63, 3.8) is 0 Å². The molecule has 0 bridgehead atoms. The molecule has 104 valence electrons. The molecule has 6 heteroatoms. The number of carbonyl (C=O) groups is 1. The second-order valence-electron chi connectivity index (χ2n) is 5.25. The number of nitrogens with one attached hydrogen (secondary N) is 2. The summed E-state index contributed by atoms with van der Waals surface area (Å²) in [6.07, 6.45) is 3.27. The molecule has 0 radical (unpaired) electrons. The summed E-state index contributed by atoms with van der Waals surface area (Å²) in [7, 11) is 0. The van der Waals surface area contributed by atoms with E-state index in [-0.39, 0.29) is 5.91 Å². The van der Waals surface area contributed by atoms with Gasteiger partial charge in [0.25, 0.3) is 5.91 Å². The monoisotopic (exact) mass is 281 g/mol. The minimum Gasteiger partial charge on any atom is -0.397 e. The fraction of sp³-hybridized carbons (Fsp3) is 0.615. The fourth-order valence-electron chi connectivity index (χ4n) is 2.14. The first-order chi connectivity index (χ1) is 9.22. The van der Waals surface area contributed by atoms with Crippen LogP contribution in [0.4, 0.5) is 10.7 Å². The molecular formula is C13H19N3O2S. The highest BCUT2D eigenvalue weighted by atomic mass is 32.1. The van der Waals surface area contributed by atoms with Crippen LogP contribution >= 0.6 is 11.3 Å². The molecule has 4 N–H and O–H groups in total. The lowest BCUT2D eigenvalue weighted by Crippen LogP contribution is -2.25. The topological polar surface area (TPSA) is 76.4 Å². The summed E-state index contributed by atoms with van der Waals surface area (Å²) >= 11 is 1.43. The molecule has 2 heterocycles. The standard InChI is InChI=1S/C13H19N3O2S/c14-10-5-11(15-6-8-3-4-18-7-8)19-12(10)13(17)16-9-1-2-9/h5,8-9,15H,1-4,6-7,14H2,(H,16,17). The van der Waals surface area contributed by atoms with Gasteiger partial charge in [0.15, 0.2) is 0 Å². The lowest BCUT2D eigenvalue weighted by Gasteiger charge is -2.08. The predicted octanol–water partition coefficient (Wildman–Crippen LogP) is 1.67. The Morgan fingerprint density at radius 1 is 1.47 bits per heavy atom. The minimum atomic E-state index is -0.0396. The lowest BCUT2D eigenvalue weighted by atomic mass is 10.1. The molecule has 1 amide bonds. The van der Waals surface area contributed by atoms with Crippen LogP contribution in [0.25, 0.3) is 0 Å². The third-order valence-electron chi connectivity index (χ3n) is 3.47. The van der Waals surface area contributed by atoms with Crippen LogP contribution in [0.3, 0.4) is 0 Å². The van der Waals surface area contributed by atoms with Gasteiger partial charge in [-0.3, -0.25) is 4.79 Å². The summed E-state index contributed by atoms with van der Waals surface area (Å²) in [4.78, 5) is 12.6. The molecule has 1 aliphatic carbocycles. The predicted molar refractivity (Wildman–Crippen MR) is 76.6 cm³/mol. The van der Waals surface area contributed by atoms with Gasteiger partial charge in [-0.25, -0.2) is 0 Å². The van der Waals surface area contributed by atoms with Crippen molar-refractivity contribution in [3.05, 3.63) is 10.9 Å². The quantitative estimate of drug-likeness (QED) is 0.767. The van der Waals surface area contributed by atoms with Gasteiger partial charge in [-0.1, -0.05) is 0 Å². The maximum absolute atomic E-state index is 12.0. The molecule has 1 saturated carbocycles. The van der Waals surface area contributed by atoms with Crippen molar-refractivity contribution in [3.8, 4) is 0 Å². The Balaban J connectivity index is 1.57. The molecule has 1 aromatic heterocycles. The fourth-order valence-corrected chi connectivity index (χ4v) is 3.03. The van der Waals surface area contributed by atoms with Gasteiger partial charge in [-0.2, -0.15) is 0 Å². The van der Waals surface area contributed by atoms with Crippen molar-refractivity contribution in [2.75, 3.05) is 30.8 Å². The van der Waals surface area contributed by atoms with Gasteiger partial charge >= 0.3 is 0 Å². The highest BCUT2D eigenvalue weighted by Gasteiger charge is 2.25. The van der Waals surface area contributed by atoms with Crippen LogP contribution in [0.5, 0.6) is 0 Å². The molecule has 19 heavy (non-hydrogen) atoms. The van der Waals surface area contributed by atoms with Crippen molar-refractivity contribution in [1.82, 2.24) is 5.32 Å². The number of carbonyl (C=O) groups excluding carboxylic acids is 1. The summed E-state index contributed by atoms with van der Waals surface area (Å²) in [5.74, 6) is 0.523. The third-order valence-corrected chi connectivity index (χ3v) is 4.58. The van der Waals surface area contributed by atoms with Gasteiger partial charge in [0, 0.05) is 25.1 Å². The Labute approximate surface area is 116 Å². The van der Waals surface area contributed by atoms with E-state index in [1.54, 1.807) is 0 Å². The van der Waals surface area contributed by atoms with Crippen molar-refractivity contribution < 1.29 is 9.53 Å². The lowest BCUT2D eigenvalue weighted by molar-refractivity contribution is 0.0956. The van der Waals surface area contributed by atoms with E-state index in [0.717, 1.165) is 44.0 Å². The average molecular weight is 281 g/mol. The maximum Gasteiger partial charge on any atom is 0.263 e. The number of hydrogen-bond acceptors (Lipinski definition) is 5. The summed E-state index contributed by atoms with van der Waals surface area (Å²) in [6.45, 7) is 2.56. The molecule has 2 fully saturated rings. The van der Waals surface area contributed by atoms with Gasteiger partial charge in [0.05, 0.1) is 17.3 Å². The summed E-state index contributed by atoms with van der Waals surface area (Å²) in [5, 5.41) is 7.28. The van der Waals surface area contributed by atoms with Crippen LogP contribution < -0.4 is 16.4 Å². The van der Waals surface area contributed by atoms with Gasteiger partial charge in [0.1, 0.15) is 4.88 Å². The third kappa shape index (κ3) is 3.19. The molecule has 3 rings (SSSR count). The highest BCUT2D eigenvalue weighted by Crippen LogP contribution is 2.30. The Morgan fingerprint density at radius 2 is 2.32 bits per heavy atom. The first-order valence-corrected chi connectivity index (χ1v) is 7.56. The number of hydrogen-bond donors (Lipinski definition) is 3. The maximum atomic E-state index is 12.0. The number of ether oxygens (including phenoxy) is 1. The minimum absolute atomic E-state index is 0.0396. The molecule has 5 nitrogen and oxygen atoms in total. The van der Waals surface area contributed by atoms with E-state index in [1.807, 2.05) is 6.07 Å². The normalized spacial score (nSPS) is 22.4. The van der Waals surface area contributed by atoms with E-state index < -0.39 is 0 Å². The van der Waals surface area contributed by atoms with Crippen LogP contribution in [0, 0.1) is 5.92 Å². The SMILES string of the molecule is Nc1cc(NCC2CCOC2)sc1C(=O)NC1CC1. The van der Waals surface area contributed by atoms with Crippen LogP contribution in [-0.4, -0.2) is 31.7 Å². The van der Waals surface area contributed by atoms with Crippen LogP contribution in [0.2, 0.25) is 0 Å². The Morgan fingerprint density at radius 3 is 3.00 bits per heavy atom. The van der Waals surface area contributed by atoms with E-state index in [2.05, 4.69) is 10.6 Å². The second-order valence-corrected chi connectivity index (χ2v) is 6.31. The molecule has 1 aromatic rings. The first kappa shape index (κ1) is 12.7. The average Bonchev–Trinajstić information content (AvgIpc) is 2.92. The smallest absolute Gasteiger partial charge is 0.263 e. The molecule has 0 aromatic carbocycles. The molecular weight excluding hydrogens is 262 g/mol. The van der Waals surface area contributed by atoms with Crippen molar-refractivity contribution in [2.45, 2.75) is 25.3 Å². The number of anilines is 2. The van der Waals surface area contributed by atoms with E-state index in [0.29, 0.717) is 22.5 Å². The number of amides is 1. The van der Waals surface area contributed by atoms with Crippen LogP contribution in [0.15, 0.2) is 6.07 Å². The Hall–Kier alpha value is -1.27. The first-order valence-electron chi connectivity index (χ1n) is 6.74. The van der Waals surface area contributed by atoms with Gasteiger partial charge in [-0.05, 0) is 25.3 Å². The largest absolute Gasteiger partial charge is 0.397 e. The second kappa shape index (κ2) is 5.38. The number of nitrogens with two attached hydrogens (primary N) is 1. The van der Waals surface area contributed by atoms with Crippen molar-refractivity contribution in [1.29, 1.82) is 0 Å². The molecule has 2 aliphatic rings. The molecule has 1 atom stereocenters. The Kier molecular flexibility index (Phi) is 3.61. The van der Waals surface area contributed by atoms with E-state index in [1.165, 1.54) is 11.3 Å². The van der Waals surface area contributed by atoms with Crippen molar-refractivity contribution >= 4 is 27.9 Å². The van der Waals surface area contributed by atoms with Crippen LogP contribution in [0.1, 0.15) is 28.9 Å². The summed E-state index contributed by atoms with van der Waals surface area (Å²) < 4.78 is 5.34. The van der Waals surface area contributed by atoms with E-state index in [9.17, 15) is 4.79 Å². The molecule has 1 saturated heterocycles. The van der Waals surface area contributed by atoms with E-state index in [4.69, 9.17) is 10.5 Å². The zero-order chi connectivity index (χ0) is 13.2. The van der Waals surface area contributed by atoms with Gasteiger partial charge in [0.2, 0.25) is 0 Å². The number of nitrogen functional groups attached to an aromatic ring is 1. The zero-order valence-electron chi connectivity index (χ0n) is 10.8. The zero-order valence-corrected chi connectivity index (χ0v) is 11.6. The highest BCUT2D eigenvalue weighted by molar-refractivity contribution is 7.18. The van der Waals surface area contributed by atoms with Crippen LogP contribution in [-0.2, 0) is 4.74 Å². The van der Waals surface area contributed by atoms with Gasteiger partial charge in [-0.15, -0.1) is 11.3 Å². The summed E-state index contributed by atoms with van der Waals surface area (Å²) in [5.41, 5.74) is 6.47.